The summed E-state index contributed by atoms with van der Waals surface area (Å²) in [5.74, 6) is 0.837. The van der Waals surface area contributed by atoms with E-state index >= 15 is 0 Å². The monoisotopic (exact) mass is 294 g/mol. The van der Waals surface area contributed by atoms with E-state index in [9.17, 15) is 0 Å². The molecule has 126 valence electrons. The van der Waals surface area contributed by atoms with Crippen LogP contribution >= 0.6 is 0 Å². The molecule has 0 saturated heterocycles. The van der Waals surface area contributed by atoms with Crippen molar-refractivity contribution in [1.82, 2.24) is 0 Å². The summed E-state index contributed by atoms with van der Waals surface area (Å²) in [5.41, 5.74) is 0. The van der Waals surface area contributed by atoms with Crippen molar-refractivity contribution in [3.8, 4) is 0 Å². The predicted octanol–water partition coefficient (Wildman–Crippen LogP) is 7.92. The first kappa shape index (κ1) is 21.0. The van der Waals surface area contributed by atoms with Crippen molar-refractivity contribution < 1.29 is 0 Å². The van der Waals surface area contributed by atoms with Crippen LogP contribution in [0.3, 0.4) is 0 Å². The Morgan fingerprint density at radius 3 is 1.19 bits per heavy atom. The van der Waals surface area contributed by atoms with Gasteiger partial charge in [-0.2, -0.15) is 0 Å². The van der Waals surface area contributed by atoms with Crippen LogP contribution in [-0.2, 0) is 0 Å². The fourth-order valence-corrected chi connectivity index (χ4v) is 2.94. The SMILES string of the molecule is [CH2]CCCCCCCCCCCCCCCCC(C)C[CH2]. The van der Waals surface area contributed by atoms with Crippen LogP contribution in [0.15, 0.2) is 0 Å². The van der Waals surface area contributed by atoms with Crippen LogP contribution in [-0.4, -0.2) is 0 Å². The lowest BCUT2D eigenvalue weighted by Crippen LogP contribution is -1.91. The largest absolute Gasteiger partial charge is 0.0625 e. The first-order chi connectivity index (χ1) is 10.3. The Morgan fingerprint density at radius 1 is 0.524 bits per heavy atom. The molecule has 0 aliphatic carbocycles. The van der Waals surface area contributed by atoms with Gasteiger partial charge in [-0.3, -0.25) is 0 Å². The van der Waals surface area contributed by atoms with Gasteiger partial charge in [0.15, 0.2) is 0 Å². The number of rotatable bonds is 17. The zero-order chi connectivity index (χ0) is 15.6. The van der Waals surface area contributed by atoms with Crippen molar-refractivity contribution in [2.75, 3.05) is 0 Å². The summed E-state index contributed by atoms with van der Waals surface area (Å²) in [6, 6.07) is 0. The summed E-state index contributed by atoms with van der Waals surface area (Å²) in [4.78, 5) is 0. The van der Waals surface area contributed by atoms with E-state index in [4.69, 9.17) is 0 Å². The lowest BCUT2D eigenvalue weighted by molar-refractivity contribution is 0.481. The lowest BCUT2D eigenvalue weighted by atomic mass is 9.99. The Labute approximate surface area is 136 Å². The Hall–Kier alpha value is 0. The minimum atomic E-state index is 0.837. The lowest BCUT2D eigenvalue weighted by Gasteiger charge is -2.07. The fraction of sp³-hybridized carbons (Fsp3) is 0.905. The zero-order valence-electron chi connectivity index (χ0n) is 15.0. The molecule has 21 heavy (non-hydrogen) atoms. The van der Waals surface area contributed by atoms with Crippen molar-refractivity contribution >= 4 is 0 Å². The molecule has 0 spiro atoms. The van der Waals surface area contributed by atoms with Crippen LogP contribution in [0.2, 0.25) is 0 Å². The molecule has 0 aliphatic rings. The molecule has 0 saturated carbocycles. The second-order valence-electron chi connectivity index (χ2n) is 6.99. The van der Waals surface area contributed by atoms with Gasteiger partial charge in [-0.15, -0.1) is 0 Å². The molecule has 0 fully saturated rings. The van der Waals surface area contributed by atoms with Crippen molar-refractivity contribution in [2.24, 2.45) is 5.92 Å². The summed E-state index contributed by atoms with van der Waals surface area (Å²) in [7, 11) is 0. The van der Waals surface area contributed by atoms with Gasteiger partial charge in [0, 0.05) is 0 Å². The third kappa shape index (κ3) is 18.0. The highest BCUT2D eigenvalue weighted by Gasteiger charge is 1.98. The molecule has 1 atom stereocenters. The summed E-state index contributed by atoms with van der Waals surface area (Å²) in [6.45, 7) is 10.2. The molecule has 0 heteroatoms. The maximum atomic E-state index is 3.97. The third-order valence-corrected chi connectivity index (χ3v) is 4.69. The van der Waals surface area contributed by atoms with Gasteiger partial charge < -0.3 is 0 Å². The highest BCUT2D eigenvalue weighted by molar-refractivity contribution is 4.55. The first-order valence-electron chi connectivity index (χ1n) is 9.89. The van der Waals surface area contributed by atoms with E-state index in [0.29, 0.717) is 0 Å². The Balaban J connectivity index is 2.96. The minimum Gasteiger partial charge on any atom is -0.0625 e. The summed E-state index contributed by atoms with van der Waals surface area (Å²) in [5, 5.41) is 0. The maximum Gasteiger partial charge on any atom is -0.0443 e. The first-order valence-corrected chi connectivity index (χ1v) is 9.89. The average molecular weight is 295 g/mol. The highest BCUT2D eigenvalue weighted by Crippen LogP contribution is 2.15. The second-order valence-corrected chi connectivity index (χ2v) is 6.99. The van der Waals surface area contributed by atoms with E-state index in [-0.39, 0.29) is 0 Å². The maximum absolute atomic E-state index is 3.97. The second kappa shape index (κ2) is 18.1. The quantitative estimate of drug-likeness (QED) is 0.239. The molecule has 0 amide bonds. The standard InChI is InChI=1S/C21H42/c1-4-6-7-8-9-10-11-12-13-14-15-16-17-18-19-20-21(3)5-2/h21H,1-2,4-20H2,3H3. The van der Waals surface area contributed by atoms with Gasteiger partial charge in [-0.25, -0.2) is 0 Å². The molecule has 0 aromatic heterocycles. The van der Waals surface area contributed by atoms with Gasteiger partial charge in [0.25, 0.3) is 0 Å². The van der Waals surface area contributed by atoms with Crippen molar-refractivity contribution in [3.63, 3.8) is 0 Å². The van der Waals surface area contributed by atoms with Crippen LogP contribution in [0.25, 0.3) is 0 Å². The summed E-state index contributed by atoms with van der Waals surface area (Å²) < 4.78 is 0. The number of unbranched alkanes of at least 4 members (excludes halogenated alkanes) is 14. The number of hydrogen-bond donors (Lipinski definition) is 0. The zero-order valence-corrected chi connectivity index (χ0v) is 15.0. The van der Waals surface area contributed by atoms with E-state index in [1.54, 1.807) is 0 Å². The average Bonchev–Trinajstić information content (AvgIpc) is 2.50. The van der Waals surface area contributed by atoms with E-state index in [0.717, 1.165) is 18.8 Å². The van der Waals surface area contributed by atoms with Crippen LogP contribution in [0.5, 0.6) is 0 Å². The van der Waals surface area contributed by atoms with E-state index in [1.807, 2.05) is 0 Å². The Kier molecular flexibility index (Phi) is 18.1. The third-order valence-electron chi connectivity index (χ3n) is 4.69. The molecular weight excluding hydrogens is 252 g/mol. The highest BCUT2D eigenvalue weighted by atomic mass is 14.0. The number of hydrogen-bond acceptors (Lipinski definition) is 0. The van der Waals surface area contributed by atoms with E-state index in [2.05, 4.69) is 20.8 Å². The molecule has 0 heterocycles. The Morgan fingerprint density at radius 2 is 0.857 bits per heavy atom. The van der Waals surface area contributed by atoms with Crippen LogP contribution in [0.4, 0.5) is 0 Å². The van der Waals surface area contributed by atoms with E-state index < -0.39 is 0 Å². The molecule has 0 N–H and O–H groups in total. The molecule has 0 aromatic rings. The van der Waals surface area contributed by atoms with Crippen molar-refractivity contribution in [2.45, 2.75) is 116 Å². The smallest absolute Gasteiger partial charge is 0.0443 e. The fourth-order valence-electron chi connectivity index (χ4n) is 2.94. The molecular formula is C21H42. The van der Waals surface area contributed by atoms with Gasteiger partial charge in [0.05, 0.1) is 0 Å². The molecule has 0 nitrogen and oxygen atoms in total. The summed E-state index contributed by atoms with van der Waals surface area (Å²) >= 11 is 0. The van der Waals surface area contributed by atoms with Gasteiger partial charge >= 0.3 is 0 Å². The minimum absolute atomic E-state index is 0.837. The van der Waals surface area contributed by atoms with Gasteiger partial charge in [0.2, 0.25) is 0 Å². The van der Waals surface area contributed by atoms with E-state index in [1.165, 1.54) is 96.3 Å². The molecule has 2 radical (unpaired) electrons. The molecule has 0 bridgehead atoms. The van der Waals surface area contributed by atoms with Crippen LogP contribution < -0.4 is 0 Å². The normalized spacial score (nSPS) is 12.7. The molecule has 0 aromatic carbocycles. The summed E-state index contributed by atoms with van der Waals surface area (Å²) in [6.07, 6.45) is 23.8. The topological polar surface area (TPSA) is 0 Å². The van der Waals surface area contributed by atoms with Gasteiger partial charge in [-0.05, 0) is 5.92 Å². The molecule has 0 aliphatic heterocycles. The van der Waals surface area contributed by atoms with Crippen LogP contribution in [0, 0.1) is 19.8 Å². The van der Waals surface area contributed by atoms with Crippen molar-refractivity contribution in [1.29, 1.82) is 0 Å². The van der Waals surface area contributed by atoms with Crippen molar-refractivity contribution in [3.05, 3.63) is 13.8 Å². The predicted molar refractivity (Wildman–Crippen MR) is 98.4 cm³/mol. The van der Waals surface area contributed by atoms with Gasteiger partial charge in [0.1, 0.15) is 0 Å². The molecule has 1 unspecified atom stereocenters. The van der Waals surface area contributed by atoms with Gasteiger partial charge in [-0.1, -0.05) is 130 Å². The van der Waals surface area contributed by atoms with Crippen LogP contribution in [0.1, 0.15) is 116 Å². The molecule has 0 rings (SSSR count). The Bertz CT molecular complexity index is 173.